The van der Waals surface area contributed by atoms with Gasteiger partial charge < -0.3 is 4.74 Å². The second-order valence-corrected chi connectivity index (χ2v) is 4.92. The first-order valence-electron chi connectivity index (χ1n) is 6.94. The van der Waals surface area contributed by atoms with Crippen LogP contribution in [-0.4, -0.2) is 6.10 Å². The summed E-state index contributed by atoms with van der Waals surface area (Å²) in [5, 5.41) is 8.80. The van der Waals surface area contributed by atoms with Crippen LogP contribution in [0.2, 0.25) is 0 Å². The second kappa shape index (κ2) is 6.88. The van der Waals surface area contributed by atoms with Crippen molar-refractivity contribution >= 4 is 0 Å². The fraction of sp³-hybridized carbons (Fsp3) is 0.278. The molecular formula is C18H19NO. The topological polar surface area (TPSA) is 33.0 Å². The summed E-state index contributed by atoms with van der Waals surface area (Å²) < 4.78 is 5.72. The number of ether oxygens (including phenoxy) is 1. The summed E-state index contributed by atoms with van der Waals surface area (Å²) in [6.07, 6.45) is 1.33. The first-order valence-corrected chi connectivity index (χ1v) is 6.94. The average molecular weight is 265 g/mol. The first kappa shape index (κ1) is 14.3. The number of hydrogen-bond acceptors (Lipinski definition) is 2. The molecule has 2 aromatic carbocycles. The van der Waals surface area contributed by atoms with Gasteiger partial charge in [-0.05, 0) is 42.2 Å². The van der Waals surface area contributed by atoms with Crippen molar-refractivity contribution < 1.29 is 4.74 Å². The van der Waals surface area contributed by atoms with Gasteiger partial charge in [0.25, 0.3) is 0 Å². The lowest BCUT2D eigenvalue weighted by Crippen LogP contribution is -2.05. The monoisotopic (exact) mass is 265 g/mol. The van der Waals surface area contributed by atoms with E-state index in [2.05, 4.69) is 44.2 Å². The van der Waals surface area contributed by atoms with Gasteiger partial charge in [0, 0.05) is 0 Å². The van der Waals surface area contributed by atoms with Crippen LogP contribution in [0.4, 0.5) is 0 Å². The van der Waals surface area contributed by atoms with Crippen LogP contribution in [0, 0.1) is 11.3 Å². The molecule has 2 heteroatoms. The predicted molar refractivity (Wildman–Crippen MR) is 81.1 cm³/mol. The molecule has 0 aliphatic rings. The zero-order chi connectivity index (χ0) is 14.4. The van der Waals surface area contributed by atoms with E-state index < -0.39 is 0 Å². The van der Waals surface area contributed by atoms with Crippen LogP contribution >= 0.6 is 0 Å². The third kappa shape index (κ3) is 3.69. The summed E-state index contributed by atoms with van der Waals surface area (Å²) in [6.45, 7) is 4.87. The van der Waals surface area contributed by atoms with Gasteiger partial charge in [0.2, 0.25) is 0 Å². The minimum absolute atomic E-state index is 0.299. The van der Waals surface area contributed by atoms with E-state index >= 15 is 0 Å². The van der Waals surface area contributed by atoms with E-state index in [1.54, 1.807) is 0 Å². The molecular weight excluding hydrogens is 246 g/mol. The van der Waals surface area contributed by atoms with E-state index in [1.807, 2.05) is 24.3 Å². The van der Waals surface area contributed by atoms with Crippen LogP contribution < -0.4 is 0 Å². The maximum atomic E-state index is 8.80. The maximum absolute atomic E-state index is 8.80. The van der Waals surface area contributed by atoms with Crippen LogP contribution in [0.5, 0.6) is 0 Å². The van der Waals surface area contributed by atoms with Crippen molar-refractivity contribution in [2.45, 2.75) is 33.0 Å². The Hall–Kier alpha value is -2.11. The Bertz CT molecular complexity index is 578. The number of nitriles is 1. The molecule has 0 bridgehead atoms. The summed E-state index contributed by atoms with van der Waals surface area (Å²) >= 11 is 0. The largest absolute Gasteiger partial charge is 0.374 e. The Morgan fingerprint density at radius 1 is 1.00 bits per heavy atom. The Morgan fingerprint density at radius 3 is 2.05 bits per heavy atom. The molecule has 2 aromatic rings. The van der Waals surface area contributed by atoms with Crippen LogP contribution in [0.15, 0.2) is 48.5 Å². The molecule has 1 unspecified atom stereocenters. The van der Waals surface area contributed by atoms with Crippen molar-refractivity contribution in [1.29, 1.82) is 5.26 Å². The molecule has 0 saturated carbocycles. The number of hydrogen-bond donors (Lipinski definition) is 0. The van der Waals surface area contributed by atoms with Gasteiger partial charge in [-0.25, -0.2) is 0 Å². The van der Waals surface area contributed by atoms with Gasteiger partial charge in [-0.2, -0.15) is 5.26 Å². The third-order valence-corrected chi connectivity index (χ3v) is 3.41. The lowest BCUT2D eigenvalue weighted by atomic mass is 10.0. The van der Waals surface area contributed by atoms with Gasteiger partial charge in [-0.1, -0.05) is 43.3 Å². The van der Waals surface area contributed by atoms with Gasteiger partial charge in [0.15, 0.2) is 0 Å². The van der Waals surface area contributed by atoms with Crippen molar-refractivity contribution in [3.63, 3.8) is 0 Å². The minimum Gasteiger partial charge on any atom is -0.374 e. The maximum Gasteiger partial charge on any atom is 0.0991 e. The van der Waals surface area contributed by atoms with Crippen LogP contribution in [0.1, 0.15) is 31.4 Å². The molecule has 0 radical (unpaired) electrons. The Labute approximate surface area is 120 Å². The molecule has 0 spiro atoms. The summed E-state index contributed by atoms with van der Waals surface area (Å²) in [7, 11) is 0. The zero-order valence-corrected chi connectivity index (χ0v) is 12.0. The van der Waals surface area contributed by atoms with E-state index in [9.17, 15) is 0 Å². The van der Waals surface area contributed by atoms with Gasteiger partial charge in [0.1, 0.15) is 0 Å². The molecule has 0 aliphatic heterocycles. The SMILES string of the molecule is CCC(C)OCc1ccc(-c2ccc(C#N)cc2)cc1. The number of benzene rings is 2. The highest BCUT2D eigenvalue weighted by molar-refractivity contribution is 5.64. The molecule has 1 atom stereocenters. The van der Waals surface area contributed by atoms with Crippen molar-refractivity contribution in [3.05, 3.63) is 59.7 Å². The molecule has 0 saturated heterocycles. The number of nitrogens with zero attached hydrogens (tertiary/aromatic N) is 1. The molecule has 102 valence electrons. The van der Waals surface area contributed by atoms with Crippen LogP contribution in [0.25, 0.3) is 11.1 Å². The van der Waals surface area contributed by atoms with Gasteiger partial charge >= 0.3 is 0 Å². The summed E-state index contributed by atoms with van der Waals surface area (Å²) in [4.78, 5) is 0. The fourth-order valence-electron chi connectivity index (χ4n) is 1.89. The third-order valence-electron chi connectivity index (χ3n) is 3.41. The molecule has 0 fully saturated rings. The quantitative estimate of drug-likeness (QED) is 0.795. The molecule has 2 nitrogen and oxygen atoms in total. The lowest BCUT2D eigenvalue weighted by Gasteiger charge is -2.11. The normalized spacial score (nSPS) is 11.8. The highest BCUT2D eigenvalue weighted by Gasteiger charge is 2.01. The molecule has 2 rings (SSSR count). The van der Waals surface area contributed by atoms with E-state index in [1.165, 1.54) is 5.56 Å². The highest BCUT2D eigenvalue weighted by atomic mass is 16.5. The van der Waals surface area contributed by atoms with Crippen molar-refractivity contribution in [2.24, 2.45) is 0 Å². The van der Waals surface area contributed by atoms with E-state index in [4.69, 9.17) is 10.00 Å². The fourth-order valence-corrected chi connectivity index (χ4v) is 1.89. The standard InChI is InChI=1S/C18H19NO/c1-3-14(2)20-13-16-6-10-18(11-7-16)17-8-4-15(12-19)5-9-17/h4-11,14H,3,13H2,1-2H3. The van der Waals surface area contributed by atoms with Gasteiger partial charge in [-0.3, -0.25) is 0 Å². The molecule has 0 heterocycles. The average Bonchev–Trinajstić information content (AvgIpc) is 2.53. The highest BCUT2D eigenvalue weighted by Crippen LogP contribution is 2.20. The zero-order valence-electron chi connectivity index (χ0n) is 12.0. The molecule has 20 heavy (non-hydrogen) atoms. The minimum atomic E-state index is 0.299. The van der Waals surface area contributed by atoms with E-state index in [0.29, 0.717) is 18.3 Å². The summed E-state index contributed by atoms with van der Waals surface area (Å²) in [5.41, 5.74) is 4.15. The van der Waals surface area contributed by atoms with Crippen molar-refractivity contribution in [3.8, 4) is 17.2 Å². The summed E-state index contributed by atoms with van der Waals surface area (Å²) in [5.74, 6) is 0. The second-order valence-electron chi connectivity index (χ2n) is 4.92. The molecule has 0 aromatic heterocycles. The van der Waals surface area contributed by atoms with Crippen LogP contribution in [-0.2, 0) is 11.3 Å². The van der Waals surface area contributed by atoms with Crippen molar-refractivity contribution in [2.75, 3.05) is 0 Å². The van der Waals surface area contributed by atoms with Crippen LogP contribution in [0.3, 0.4) is 0 Å². The molecule has 0 N–H and O–H groups in total. The van der Waals surface area contributed by atoms with E-state index in [-0.39, 0.29) is 0 Å². The first-order chi connectivity index (χ1) is 9.72. The molecule has 0 aliphatic carbocycles. The Kier molecular flexibility index (Phi) is 4.92. The van der Waals surface area contributed by atoms with Gasteiger partial charge in [-0.15, -0.1) is 0 Å². The number of rotatable bonds is 5. The Morgan fingerprint density at radius 2 is 1.55 bits per heavy atom. The van der Waals surface area contributed by atoms with Crippen molar-refractivity contribution in [1.82, 2.24) is 0 Å². The van der Waals surface area contributed by atoms with Gasteiger partial charge in [0.05, 0.1) is 24.3 Å². The lowest BCUT2D eigenvalue weighted by molar-refractivity contribution is 0.0508. The summed E-state index contributed by atoms with van der Waals surface area (Å²) in [6, 6.07) is 18.1. The predicted octanol–water partition coefficient (Wildman–Crippen LogP) is 4.54. The molecule has 0 amide bonds. The Balaban J connectivity index is 2.05. The smallest absolute Gasteiger partial charge is 0.0991 e. The van der Waals surface area contributed by atoms with E-state index in [0.717, 1.165) is 17.5 Å².